The van der Waals surface area contributed by atoms with Crippen LogP contribution in [-0.4, -0.2) is 12.0 Å². The van der Waals surface area contributed by atoms with E-state index in [1.807, 2.05) is 18.2 Å². The van der Waals surface area contributed by atoms with Gasteiger partial charge >= 0.3 is 0 Å². The van der Waals surface area contributed by atoms with Crippen LogP contribution in [-0.2, 0) is 4.79 Å². The highest BCUT2D eigenvalue weighted by atomic mass is 35.5. The fraction of sp³-hybridized carbons (Fsp3) is 0.133. The van der Waals surface area contributed by atoms with Crippen LogP contribution in [0.3, 0.4) is 0 Å². The molecule has 1 unspecified atom stereocenters. The van der Waals surface area contributed by atoms with E-state index in [-0.39, 0.29) is 5.91 Å². The topological polar surface area (TPSA) is 50.4 Å². The first-order valence-corrected chi connectivity index (χ1v) is 7.53. The Balaban J connectivity index is 1.95. The molecule has 2 aromatic carbocycles. The summed E-state index contributed by atoms with van der Waals surface area (Å²) < 4.78 is 5.51. The van der Waals surface area contributed by atoms with Crippen molar-refractivity contribution in [3.05, 3.63) is 57.5 Å². The molecule has 0 aliphatic heterocycles. The zero-order chi connectivity index (χ0) is 16.1. The number of ether oxygens (including phenoxy) is 1. The van der Waals surface area contributed by atoms with Gasteiger partial charge in [0.15, 0.2) is 6.10 Å². The summed E-state index contributed by atoms with van der Waals surface area (Å²) in [5, 5.41) is 1.01. The minimum atomic E-state index is -0.695. The number of amides is 1. The van der Waals surface area contributed by atoms with Gasteiger partial charge in [0.05, 0.1) is 15.7 Å². The van der Waals surface area contributed by atoms with Gasteiger partial charge in [-0.3, -0.25) is 15.6 Å². The molecule has 1 amide bonds. The molecule has 116 valence electrons. The number of nitrogens with one attached hydrogen (secondary N) is 2. The maximum atomic E-state index is 12.0. The molecule has 2 aromatic rings. The van der Waals surface area contributed by atoms with Gasteiger partial charge in [-0.1, -0.05) is 53.0 Å². The molecule has 0 fully saturated rings. The van der Waals surface area contributed by atoms with Crippen molar-refractivity contribution in [1.82, 2.24) is 5.43 Å². The van der Waals surface area contributed by atoms with E-state index in [0.717, 1.165) is 0 Å². The quantitative estimate of drug-likeness (QED) is 0.770. The average Bonchev–Trinajstić information content (AvgIpc) is 2.46. The van der Waals surface area contributed by atoms with Crippen molar-refractivity contribution in [3.63, 3.8) is 0 Å². The summed E-state index contributed by atoms with van der Waals surface area (Å²) in [6, 6.07) is 12.1. The standard InChI is InChI=1S/C15H13Cl3N2O2/c1-9(22-11-5-3-2-4-6-11)15(21)20-19-14-12(17)7-10(16)8-13(14)18/h2-9,19H,1H3,(H,20,21). The molecule has 2 N–H and O–H groups in total. The number of hydrazine groups is 1. The van der Waals surface area contributed by atoms with Crippen LogP contribution in [0.5, 0.6) is 5.75 Å². The molecule has 22 heavy (non-hydrogen) atoms. The van der Waals surface area contributed by atoms with Crippen LogP contribution in [0.2, 0.25) is 15.1 Å². The number of carbonyl (C=O) groups is 1. The Bertz CT molecular complexity index is 642. The van der Waals surface area contributed by atoms with Crippen LogP contribution in [0.15, 0.2) is 42.5 Å². The predicted molar refractivity (Wildman–Crippen MR) is 89.8 cm³/mol. The molecule has 0 heterocycles. The summed E-state index contributed by atoms with van der Waals surface area (Å²) in [5.74, 6) is 0.235. The van der Waals surface area contributed by atoms with E-state index in [4.69, 9.17) is 39.5 Å². The predicted octanol–water partition coefficient (Wildman–Crippen LogP) is 4.56. The number of halogens is 3. The van der Waals surface area contributed by atoms with Gasteiger partial charge in [0.1, 0.15) is 5.75 Å². The highest BCUT2D eigenvalue weighted by Crippen LogP contribution is 2.33. The zero-order valence-corrected chi connectivity index (χ0v) is 13.8. The summed E-state index contributed by atoms with van der Waals surface area (Å²) >= 11 is 17.8. The molecule has 0 aliphatic rings. The lowest BCUT2D eigenvalue weighted by Gasteiger charge is -2.17. The molecule has 0 saturated carbocycles. The number of hydrogen-bond donors (Lipinski definition) is 2. The van der Waals surface area contributed by atoms with E-state index in [2.05, 4.69) is 10.9 Å². The molecule has 0 aliphatic carbocycles. The fourth-order valence-corrected chi connectivity index (χ4v) is 2.56. The molecule has 0 radical (unpaired) electrons. The third kappa shape index (κ3) is 4.44. The Kier molecular flexibility index (Phi) is 5.77. The van der Waals surface area contributed by atoms with Gasteiger partial charge in [0.2, 0.25) is 0 Å². The summed E-state index contributed by atoms with van der Waals surface area (Å²) in [6.45, 7) is 1.63. The number of para-hydroxylation sites is 1. The first-order valence-electron chi connectivity index (χ1n) is 6.39. The largest absolute Gasteiger partial charge is 0.481 e. The SMILES string of the molecule is CC(Oc1ccccc1)C(=O)NNc1c(Cl)cc(Cl)cc1Cl. The molecular formula is C15H13Cl3N2O2. The van der Waals surface area contributed by atoms with Gasteiger partial charge in [0, 0.05) is 5.02 Å². The number of hydrogen-bond acceptors (Lipinski definition) is 3. The smallest absolute Gasteiger partial charge is 0.279 e. The van der Waals surface area contributed by atoms with Gasteiger partial charge in [-0.05, 0) is 31.2 Å². The van der Waals surface area contributed by atoms with Gasteiger partial charge in [0.25, 0.3) is 5.91 Å². The second-order valence-corrected chi connectivity index (χ2v) is 5.68. The second kappa shape index (κ2) is 7.58. The van der Waals surface area contributed by atoms with E-state index in [1.165, 1.54) is 12.1 Å². The van der Waals surface area contributed by atoms with Crippen LogP contribution in [0.1, 0.15) is 6.92 Å². The molecule has 0 aromatic heterocycles. The second-order valence-electron chi connectivity index (χ2n) is 4.43. The third-order valence-electron chi connectivity index (χ3n) is 2.74. The Morgan fingerprint density at radius 1 is 1.09 bits per heavy atom. The maximum Gasteiger partial charge on any atom is 0.279 e. The first kappa shape index (κ1) is 16.7. The normalized spacial score (nSPS) is 11.6. The molecule has 0 saturated heterocycles. The highest BCUT2D eigenvalue weighted by Gasteiger charge is 2.15. The number of benzene rings is 2. The van der Waals surface area contributed by atoms with Crippen LogP contribution >= 0.6 is 34.8 Å². The van der Waals surface area contributed by atoms with Crippen LogP contribution in [0, 0.1) is 0 Å². The van der Waals surface area contributed by atoms with Crippen molar-refractivity contribution >= 4 is 46.4 Å². The molecule has 4 nitrogen and oxygen atoms in total. The number of rotatable bonds is 5. The Morgan fingerprint density at radius 2 is 1.68 bits per heavy atom. The first-order chi connectivity index (χ1) is 10.5. The molecular weight excluding hydrogens is 347 g/mol. The van der Waals surface area contributed by atoms with Gasteiger partial charge in [-0.2, -0.15) is 0 Å². The highest BCUT2D eigenvalue weighted by molar-refractivity contribution is 6.41. The molecule has 2 rings (SSSR count). The van der Waals surface area contributed by atoms with Crippen molar-refractivity contribution in [3.8, 4) is 5.75 Å². The maximum absolute atomic E-state index is 12.0. The van der Waals surface area contributed by atoms with Crippen molar-refractivity contribution < 1.29 is 9.53 Å². The lowest BCUT2D eigenvalue weighted by Crippen LogP contribution is -2.39. The monoisotopic (exact) mass is 358 g/mol. The fourth-order valence-electron chi connectivity index (χ4n) is 1.64. The molecule has 7 heteroatoms. The lowest BCUT2D eigenvalue weighted by atomic mass is 10.3. The van der Waals surface area contributed by atoms with E-state index in [1.54, 1.807) is 19.1 Å². The Hall–Kier alpha value is -1.62. The van der Waals surface area contributed by atoms with Gasteiger partial charge in [-0.15, -0.1) is 0 Å². The molecule has 0 bridgehead atoms. The van der Waals surface area contributed by atoms with E-state index in [9.17, 15) is 4.79 Å². The Labute approximate surface area is 143 Å². The summed E-state index contributed by atoms with van der Waals surface area (Å²) in [5.41, 5.74) is 5.54. The third-order valence-corrected chi connectivity index (χ3v) is 3.56. The summed E-state index contributed by atoms with van der Waals surface area (Å²) in [7, 11) is 0. The van der Waals surface area contributed by atoms with Crippen LogP contribution in [0.4, 0.5) is 5.69 Å². The molecule has 0 spiro atoms. The van der Waals surface area contributed by atoms with Crippen LogP contribution in [0.25, 0.3) is 0 Å². The van der Waals surface area contributed by atoms with E-state index < -0.39 is 6.10 Å². The van der Waals surface area contributed by atoms with Crippen molar-refractivity contribution in [2.24, 2.45) is 0 Å². The van der Waals surface area contributed by atoms with E-state index >= 15 is 0 Å². The van der Waals surface area contributed by atoms with Crippen molar-refractivity contribution in [2.45, 2.75) is 13.0 Å². The van der Waals surface area contributed by atoms with Crippen molar-refractivity contribution in [1.29, 1.82) is 0 Å². The molecule has 1 atom stereocenters. The van der Waals surface area contributed by atoms with Gasteiger partial charge < -0.3 is 4.74 Å². The lowest BCUT2D eigenvalue weighted by molar-refractivity contribution is -0.126. The Morgan fingerprint density at radius 3 is 2.27 bits per heavy atom. The minimum Gasteiger partial charge on any atom is -0.481 e. The summed E-state index contributed by atoms with van der Waals surface area (Å²) in [6.07, 6.45) is -0.695. The van der Waals surface area contributed by atoms with Gasteiger partial charge in [-0.25, -0.2) is 0 Å². The number of anilines is 1. The van der Waals surface area contributed by atoms with E-state index in [0.29, 0.717) is 26.5 Å². The zero-order valence-electron chi connectivity index (χ0n) is 11.6. The average molecular weight is 360 g/mol. The van der Waals surface area contributed by atoms with Crippen LogP contribution < -0.4 is 15.6 Å². The summed E-state index contributed by atoms with van der Waals surface area (Å²) in [4.78, 5) is 12.0. The minimum absolute atomic E-state index is 0.300. The number of carbonyl (C=O) groups excluding carboxylic acids is 1. The van der Waals surface area contributed by atoms with Crippen molar-refractivity contribution in [2.75, 3.05) is 5.43 Å².